The van der Waals surface area contributed by atoms with Crippen LogP contribution in [0.1, 0.15) is 65.7 Å². The summed E-state index contributed by atoms with van der Waals surface area (Å²) in [7, 11) is 0. The Morgan fingerprint density at radius 1 is 1.19 bits per heavy atom. The summed E-state index contributed by atoms with van der Waals surface area (Å²) in [5.74, 6) is 2.56. The van der Waals surface area contributed by atoms with Crippen molar-refractivity contribution in [3.63, 3.8) is 0 Å². The zero-order chi connectivity index (χ0) is 11.8. The third-order valence-corrected chi connectivity index (χ3v) is 4.53. The Morgan fingerprint density at radius 3 is 1.94 bits per heavy atom. The van der Waals surface area contributed by atoms with Crippen LogP contribution in [0.25, 0.3) is 0 Å². The van der Waals surface area contributed by atoms with Gasteiger partial charge in [-0.1, -0.05) is 46.5 Å². The molecule has 0 heterocycles. The fourth-order valence-corrected chi connectivity index (χ4v) is 2.98. The van der Waals surface area contributed by atoms with E-state index >= 15 is 0 Å². The van der Waals surface area contributed by atoms with E-state index < -0.39 is 0 Å². The smallest absolute Gasteiger partial charge is 0.141 e. The molecule has 2 rings (SSSR count). The highest BCUT2D eigenvalue weighted by Gasteiger charge is 2.43. The Kier molecular flexibility index (Phi) is 3.42. The Morgan fingerprint density at radius 2 is 1.62 bits per heavy atom. The van der Waals surface area contributed by atoms with Gasteiger partial charge in [0.25, 0.3) is 0 Å². The summed E-state index contributed by atoms with van der Waals surface area (Å²) in [6, 6.07) is 0. The molecule has 1 atom stereocenters. The second-order valence-corrected chi connectivity index (χ2v) is 6.53. The summed E-state index contributed by atoms with van der Waals surface area (Å²) in [5, 5.41) is 0. The Labute approximate surface area is 100.0 Å². The molecule has 0 bridgehead atoms. The average Bonchev–Trinajstić information content (AvgIpc) is 3.12. The summed E-state index contributed by atoms with van der Waals surface area (Å²) in [4.78, 5) is 12.5. The molecule has 2 aliphatic carbocycles. The predicted octanol–water partition coefficient (Wildman–Crippen LogP) is 4.21. The van der Waals surface area contributed by atoms with Gasteiger partial charge in [-0.2, -0.15) is 0 Å². The van der Waals surface area contributed by atoms with E-state index in [1.807, 2.05) is 0 Å². The lowest BCUT2D eigenvalue weighted by molar-refractivity contribution is -0.133. The summed E-state index contributed by atoms with van der Waals surface area (Å²) in [5.41, 5.74) is 0.0117. The number of Topliss-reactive ketones (excluding diaryl/α,β-unsaturated/α-hetero) is 1. The number of ketones is 1. The lowest BCUT2D eigenvalue weighted by Crippen LogP contribution is -2.33. The minimum absolute atomic E-state index is 0.0117. The second-order valence-electron chi connectivity index (χ2n) is 6.53. The molecule has 0 N–H and O–H groups in total. The molecule has 0 unspecified atom stereocenters. The molecule has 1 nitrogen and oxygen atoms in total. The van der Waals surface area contributed by atoms with Crippen LogP contribution in [-0.4, -0.2) is 5.78 Å². The molecule has 0 spiro atoms. The van der Waals surface area contributed by atoms with Crippen molar-refractivity contribution in [2.24, 2.45) is 23.2 Å². The van der Waals surface area contributed by atoms with Crippen molar-refractivity contribution >= 4 is 5.78 Å². The van der Waals surface area contributed by atoms with Crippen LogP contribution in [0.3, 0.4) is 0 Å². The van der Waals surface area contributed by atoms with Gasteiger partial charge in [0.1, 0.15) is 5.78 Å². The molecule has 92 valence electrons. The topological polar surface area (TPSA) is 17.1 Å². The maximum absolute atomic E-state index is 12.5. The number of rotatable bonds is 7. The van der Waals surface area contributed by atoms with Crippen LogP contribution in [0.2, 0.25) is 0 Å². The maximum Gasteiger partial charge on any atom is 0.141 e. The van der Waals surface area contributed by atoms with Gasteiger partial charge in [0.2, 0.25) is 0 Å². The van der Waals surface area contributed by atoms with Crippen LogP contribution in [0.5, 0.6) is 0 Å². The van der Waals surface area contributed by atoms with Crippen molar-refractivity contribution in [1.29, 1.82) is 0 Å². The monoisotopic (exact) mass is 222 g/mol. The third-order valence-electron chi connectivity index (χ3n) is 4.53. The highest BCUT2D eigenvalue weighted by molar-refractivity contribution is 5.86. The van der Waals surface area contributed by atoms with Crippen molar-refractivity contribution in [3.05, 3.63) is 0 Å². The molecule has 0 aromatic rings. The van der Waals surface area contributed by atoms with E-state index in [1.165, 1.54) is 38.5 Å². The van der Waals surface area contributed by atoms with Crippen molar-refractivity contribution < 1.29 is 4.79 Å². The largest absolute Gasteiger partial charge is 0.299 e. The maximum atomic E-state index is 12.5. The Hall–Kier alpha value is -0.330. The van der Waals surface area contributed by atoms with Gasteiger partial charge < -0.3 is 0 Å². The molecular weight excluding hydrogens is 196 g/mol. The van der Waals surface area contributed by atoms with Crippen LogP contribution in [0.15, 0.2) is 0 Å². The van der Waals surface area contributed by atoms with E-state index in [9.17, 15) is 4.79 Å². The Bertz CT molecular complexity index is 247. The first-order valence-corrected chi connectivity index (χ1v) is 7.09. The minimum Gasteiger partial charge on any atom is -0.299 e. The van der Waals surface area contributed by atoms with Crippen LogP contribution in [0.4, 0.5) is 0 Å². The van der Waals surface area contributed by atoms with Gasteiger partial charge >= 0.3 is 0 Å². The molecular formula is C15H26O. The van der Waals surface area contributed by atoms with Crippen LogP contribution < -0.4 is 0 Å². The highest BCUT2D eigenvalue weighted by Crippen LogP contribution is 2.49. The lowest BCUT2D eigenvalue weighted by Gasteiger charge is -2.31. The van der Waals surface area contributed by atoms with Gasteiger partial charge in [-0.3, -0.25) is 4.79 Å². The molecule has 0 amide bonds. The normalized spacial score (nSPS) is 23.2. The van der Waals surface area contributed by atoms with Gasteiger partial charge in [-0.25, -0.2) is 0 Å². The zero-order valence-corrected chi connectivity index (χ0v) is 11.1. The van der Waals surface area contributed by atoms with Crippen LogP contribution in [0, 0.1) is 23.2 Å². The van der Waals surface area contributed by atoms with Gasteiger partial charge in [0.15, 0.2) is 0 Å². The third kappa shape index (κ3) is 2.87. The summed E-state index contributed by atoms with van der Waals surface area (Å²) >= 11 is 0. The SMILES string of the molecule is CC[C@@H](C)C(=O)C(C)(CC1CC1)CC1CC1. The predicted molar refractivity (Wildman–Crippen MR) is 67.3 cm³/mol. The molecule has 2 aliphatic rings. The highest BCUT2D eigenvalue weighted by atomic mass is 16.1. The number of carbonyl (C=O) groups is 1. The molecule has 0 aromatic carbocycles. The summed E-state index contributed by atoms with van der Waals surface area (Å²) in [6.45, 7) is 6.50. The molecule has 2 saturated carbocycles. The zero-order valence-electron chi connectivity index (χ0n) is 11.1. The van der Waals surface area contributed by atoms with E-state index in [0.29, 0.717) is 5.78 Å². The van der Waals surface area contributed by atoms with Crippen molar-refractivity contribution in [2.45, 2.75) is 65.7 Å². The first kappa shape index (κ1) is 12.1. The van der Waals surface area contributed by atoms with E-state index in [0.717, 1.165) is 18.3 Å². The van der Waals surface area contributed by atoms with Gasteiger partial charge in [0, 0.05) is 11.3 Å². The number of hydrogen-bond donors (Lipinski definition) is 0. The van der Waals surface area contributed by atoms with Gasteiger partial charge in [-0.05, 0) is 31.1 Å². The van der Waals surface area contributed by atoms with E-state index in [-0.39, 0.29) is 11.3 Å². The fraction of sp³-hybridized carbons (Fsp3) is 0.933. The lowest BCUT2D eigenvalue weighted by atomic mass is 9.72. The second kappa shape index (κ2) is 4.50. The van der Waals surface area contributed by atoms with E-state index in [2.05, 4.69) is 20.8 Å². The fourth-order valence-electron chi connectivity index (χ4n) is 2.98. The van der Waals surface area contributed by atoms with Crippen molar-refractivity contribution in [1.82, 2.24) is 0 Å². The standard InChI is InChI=1S/C15H26O/c1-4-11(2)14(16)15(3,9-12-5-6-12)10-13-7-8-13/h11-13H,4-10H2,1-3H3/t11-/m1/s1. The Balaban J connectivity index is 2.00. The van der Waals surface area contributed by atoms with E-state index in [1.54, 1.807) is 0 Å². The molecule has 16 heavy (non-hydrogen) atoms. The van der Waals surface area contributed by atoms with E-state index in [4.69, 9.17) is 0 Å². The molecule has 0 aliphatic heterocycles. The van der Waals surface area contributed by atoms with Gasteiger partial charge in [-0.15, -0.1) is 0 Å². The molecule has 0 aromatic heterocycles. The van der Waals surface area contributed by atoms with Crippen molar-refractivity contribution in [3.8, 4) is 0 Å². The van der Waals surface area contributed by atoms with Crippen molar-refractivity contribution in [2.75, 3.05) is 0 Å². The van der Waals surface area contributed by atoms with Crippen LogP contribution in [-0.2, 0) is 4.79 Å². The first-order valence-electron chi connectivity index (χ1n) is 7.09. The number of carbonyl (C=O) groups excluding carboxylic acids is 1. The first-order chi connectivity index (χ1) is 7.55. The molecule has 1 heteroatoms. The molecule has 0 saturated heterocycles. The summed E-state index contributed by atoms with van der Waals surface area (Å²) in [6.07, 6.45) is 8.83. The molecule has 2 fully saturated rings. The molecule has 0 radical (unpaired) electrons. The van der Waals surface area contributed by atoms with Gasteiger partial charge in [0.05, 0.1) is 0 Å². The average molecular weight is 222 g/mol. The number of hydrogen-bond acceptors (Lipinski definition) is 1. The summed E-state index contributed by atoms with van der Waals surface area (Å²) < 4.78 is 0. The quantitative estimate of drug-likeness (QED) is 0.630. The van der Waals surface area contributed by atoms with Crippen LogP contribution >= 0.6 is 0 Å². The minimum atomic E-state index is 0.0117.